The second-order valence-corrected chi connectivity index (χ2v) is 7.31. The van der Waals surface area contributed by atoms with E-state index in [0.717, 1.165) is 43.6 Å². The van der Waals surface area contributed by atoms with Gasteiger partial charge in [0.25, 0.3) is 5.91 Å². The Bertz CT molecular complexity index is 919. The molecule has 0 unspecified atom stereocenters. The van der Waals surface area contributed by atoms with Crippen LogP contribution in [0.1, 0.15) is 6.92 Å². The molecule has 25 heavy (non-hydrogen) atoms. The van der Waals surface area contributed by atoms with Crippen molar-refractivity contribution < 1.29 is 22.7 Å². The number of nitrogens with one attached hydrogen (secondary N) is 1. The molecular weight excluding hydrogens is 351 g/mol. The van der Waals surface area contributed by atoms with E-state index in [2.05, 4.69) is 20.1 Å². The van der Waals surface area contributed by atoms with Crippen LogP contribution in [-0.2, 0) is 14.6 Å². The minimum atomic E-state index is -4.03. The maximum Gasteiger partial charge on any atom is 0.371 e. The smallest absolute Gasteiger partial charge is 0.371 e. The molecule has 8 nitrogen and oxygen atoms in total. The van der Waals surface area contributed by atoms with Gasteiger partial charge < -0.3 is 15.3 Å². The molecule has 0 aliphatic rings. The summed E-state index contributed by atoms with van der Waals surface area (Å²) < 4.78 is 37.5. The van der Waals surface area contributed by atoms with Gasteiger partial charge in [-0.15, -0.1) is 6.57 Å². The lowest BCUT2D eigenvalue weighted by Gasteiger charge is -2.21. The summed E-state index contributed by atoms with van der Waals surface area (Å²) in [4.78, 5) is 22.2. The number of amides is 1. The molecule has 2 rings (SSSR count). The van der Waals surface area contributed by atoms with Gasteiger partial charge in [0.05, 0.1) is 10.6 Å². The molecule has 0 aliphatic carbocycles. The summed E-state index contributed by atoms with van der Waals surface area (Å²) in [6.07, 6.45) is 2.31. The third-order valence-electron chi connectivity index (χ3n) is 3.13. The predicted molar refractivity (Wildman–Crippen MR) is 86.0 cm³/mol. The Morgan fingerprint density at radius 3 is 2.40 bits per heavy atom. The van der Waals surface area contributed by atoms with E-state index in [1.165, 1.54) is 0 Å². The summed E-state index contributed by atoms with van der Waals surface area (Å²) in [5.41, 5.74) is -2.16. The topological polar surface area (TPSA) is 114 Å². The number of anilines is 1. The highest BCUT2D eigenvalue weighted by Gasteiger charge is 2.37. The molecular formula is C15H13FN4O4S. The number of rotatable bonds is 5. The molecule has 0 bridgehead atoms. The van der Waals surface area contributed by atoms with Crippen molar-refractivity contribution >= 4 is 27.4 Å². The number of aliphatic hydroxyl groups is 1. The number of sulfone groups is 1. The SMILES string of the molecule is [C-]#[N+]c1ncc(NC(=O)[C@@](C)(O)CS(=O)(=O)c2ccc(F)cc2)cn1. The average molecular weight is 364 g/mol. The summed E-state index contributed by atoms with van der Waals surface area (Å²) in [7, 11) is -4.03. The molecule has 10 heteroatoms. The van der Waals surface area contributed by atoms with Crippen LogP contribution in [0.5, 0.6) is 0 Å². The number of hydrogen-bond acceptors (Lipinski definition) is 6. The largest absolute Gasteiger partial charge is 0.394 e. The number of halogens is 1. The van der Waals surface area contributed by atoms with Gasteiger partial charge in [0.2, 0.25) is 0 Å². The van der Waals surface area contributed by atoms with Crippen molar-refractivity contribution in [3.05, 3.63) is 53.9 Å². The zero-order chi connectivity index (χ0) is 18.7. The molecule has 1 aromatic carbocycles. The molecule has 1 aromatic heterocycles. The number of nitrogens with zero attached hydrogens (tertiary/aromatic N) is 3. The van der Waals surface area contributed by atoms with Crippen LogP contribution in [0, 0.1) is 12.4 Å². The quantitative estimate of drug-likeness (QED) is 0.611. The first kappa shape index (κ1) is 18.4. The summed E-state index contributed by atoms with van der Waals surface area (Å²) >= 11 is 0. The Morgan fingerprint density at radius 2 is 1.88 bits per heavy atom. The van der Waals surface area contributed by atoms with Gasteiger partial charge >= 0.3 is 5.95 Å². The van der Waals surface area contributed by atoms with Crippen molar-refractivity contribution in [2.75, 3.05) is 11.1 Å². The molecule has 0 spiro atoms. The van der Waals surface area contributed by atoms with E-state index in [-0.39, 0.29) is 16.5 Å². The van der Waals surface area contributed by atoms with Gasteiger partial charge in [0.15, 0.2) is 15.4 Å². The fourth-order valence-corrected chi connectivity index (χ4v) is 3.46. The Kier molecular flexibility index (Phi) is 5.10. The second-order valence-electron chi connectivity index (χ2n) is 5.32. The zero-order valence-electron chi connectivity index (χ0n) is 13.0. The lowest BCUT2D eigenvalue weighted by atomic mass is 10.1. The minimum Gasteiger partial charge on any atom is -0.394 e. The zero-order valence-corrected chi connectivity index (χ0v) is 13.8. The molecule has 0 aliphatic heterocycles. The van der Waals surface area contributed by atoms with E-state index in [1.54, 1.807) is 0 Å². The van der Waals surface area contributed by atoms with Crippen LogP contribution in [0.4, 0.5) is 16.0 Å². The number of carbonyl (C=O) groups excluding carboxylic acids is 1. The number of carbonyl (C=O) groups is 1. The van der Waals surface area contributed by atoms with Crippen LogP contribution >= 0.6 is 0 Å². The third kappa shape index (κ3) is 4.56. The van der Waals surface area contributed by atoms with E-state index in [4.69, 9.17) is 6.57 Å². The highest BCUT2D eigenvalue weighted by atomic mass is 32.2. The molecule has 0 fully saturated rings. The molecule has 130 valence electrons. The molecule has 2 aromatic rings. The van der Waals surface area contributed by atoms with E-state index in [0.29, 0.717) is 0 Å². The van der Waals surface area contributed by atoms with Crippen LogP contribution in [0.25, 0.3) is 4.85 Å². The Morgan fingerprint density at radius 1 is 1.32 bits per heavy atom. The van der Waals surface area contributed by atoms with Crippen molar-refractivity contribution in [2.24, 2.45) is 0 Å². The van der Waals surface area contributed by atoms with Crippen molar-refractivity contribution in [2.45, 2.75) is 17.4 Å². The van der Waals surface area contributed by atoms with Gasteiger partial charge in [-0.1, -0.05) is 0 Å². The van der Waals surface area contributed by atoms with E-state index in [9.17, 15) is 22.7 Å². The summed E-state index contributed by atoms with van der Waals surface area (Å²) in [6, 6.07) is 4.04. The van der Waals surface area contributed by atoms with Gasteiger partial charge in [-0.2, -0.15) is 9.97 Å². The number of aromatic nitrogens is 2. The summed E-state index contributed by atoms with van der Waals surface area (Å²) in [5, 5.41) is 12.5. The van der Waals surface area contributed by atoms with Gasteiger partial charge in [0, 0.05) is 0 Å². The maximum atomic E-state index is 12.9. The van der Waals surface area contributed by atoms with Gasteiger partial charge in [-0.25, -0.2) is 12.8 Å². The third-order valence-corrected chi connectivity index (χ3v) is 5.06. The minimum absolute atomic E-state index is 0.0943. The molecule has 0 radical (unpaired) electrons. The predicted octanol–water partition coefficient (Wildman–Crippen LogP) is 1.33. The molecule has 1 atom stereocenters. The van der Waals surface area contributed by atoms with Crippen molar-refractivity contribution in [1.82, 2.24) is 9.97 Å². The standard InChI is InChI=1S/C15H13FN4O4S/c1-15(22,9-25(23,24)12-5-3-10(16)4-6-12)13(21)20-11-7-18-14(17-2)19-8-11/h3-8,22H,9H2,1H3,(H,20,21)/t15-/m0/s1. The Labute approximate surface area is 143 Å². The first-order valence-corrected chi connectivity index (χ1v) is 8.51. The van der Waals surface area contributed by atoms with Crippen LogP contribution in [-0.4, -0.2) is 40.8 Å². The fraction of sp³-hybridized carbons (Fsp3) is 0.200. The molecule has 1 amide bonds. The normalized spacial score (nSPS) is 13.5. The van der Waals surface area contributed by atoms with Crippen molar-refractivity contribution in [3.63, 3.8) is 0 Å². The second kappa shape index (κ2) is 6.92. The van der Waals surface area contributed by atoms with E-state index in [1.807, 2.05) is 0 Å². The highest BCUT2D eigenvalue weighted by Crippen LogP contribution is 2.19. The highest BCUT2D eigenvalue weighted by molar-refractivity contribution is 7.91. The van der Waals surface area contributed by atoms with Crippen LogP contribution in [0.3, 0.4) is 0 Å². The fourth-order valence-electron chi connectivity index (χ4n) is 1.87. The molecule has 1 heterocycles. The molecule has 0 saturated heterocycles. The van der Waals surface area contributed by atoms with Crippen molar-refractivity contribution in [3.8, 4) is 0 Å². The van der Waals surface area contributed by atoms with Crippen molar-refractivity contribution in [1.29, 1.82) is 0 Å². The summed E-state index contributed by atoms with van der Waals surface area (Å²) in [5.74, 6) is -2.62. The summed E-state index contributed by atoms with van der Waals surface area (Å²) in [6.45, 7) is 7.77. The van der Waals surface area contributed by atoms with Gasteiger partial charge in [0.1, 0.15) is 23.9 Å². The van der Waals surface area contributed by atoms with Crippen LogP contribution in [0.2, 0.25) is 0 Å². The first-order valence-electron chi connectivity index (χ1n) is 6.86. The number of benzene rings is 1. The molecule has 0 saturated carbocycles. The van der Waals surface area contributed by atoms with Gasteiger partial charge in [-0.3, -0.25) is 4.79 Å². The lowest BCUT2D eigenvalue weighted by molar-refractivity contribution is -0.130. The van der Waals surface area contributed by atoms with Gasteiger partial charge in [-0.05, 0) is 31.2 Å². The lowest BCUT2D eigenvalue weighted by Crippen LogP contribution is -2.45. The monoisotopic (exact) mass is 364 g/mol. The number of hydrogen-bond donors (Lipinski definition) is 2. The Balaban J connectivity index is 2.14. The first-order chi connectivity index (χ1) is 11.6. The average Bonchev–Trinajstić information content (AvgIpc) is 2.55. The molecule has 2 N–H and O–H groups in total. The van der Waals surface area contributed by atoms with E-state index < -0.39 is 32.9 Å². The van der Waals surface area contributed by atoms with E-state index >= 15 is 0 Å². The Hall–Kier alpha value is -2.90. The van der Waals surface area contributed by atoms with Crippen LogP contribution < -0.4 is 5.32 Å². The maximum absolute atomic E-state index is 12.9. The van der Waals surface area contributed by atoms with Crippen LogP contribution in [0.15, 0.2) is 41.6 Å².